The fourth-order valence-corrected chi connectivity index (χ4v) is 2.31. The molecule has 22 heavy (non-hydrogen) atoms. The summed E-state index contributed by atoms with van der Waals surface area (Å²) in [7, 11) is 0. The van der Waals surface area contributed by atoms with Gasteiger partial charge in [-0.25, -0.2) is 4.98 Å². The van der Waals surface area contributed by atoms with E-state index in [0.29, 0.717) is 23.9 Å². The molecule has 1 aliphatic rings. The number of amides is 1. The lowest BCUT2D eigenvalue weighted by atomic mass is 10.1. The quantitative estimate of drug-likeness (QED) is 0.940. The van der Waals surface area contributed by atoms with E-state index in [9.17, 15) is 4.79 Å². The Hall–Kier alpha value is -2.50. The van der Waals surface area contributed by atoms with E-state index in [1.165, 1.54) is 0 Å². The second kappa shape index (κ2) is 5.71. The van der Waals surface area contributed by atoms with Gasteiger partial charge < -0.3 is 19.2 Å². The van der Waals surface area contributed by atoms with Crippen molar-refractivity contribution >= 4 is 5.91 Å². The lowest BCUT2D eigenvalue weighted by Gasteiger charge is -2.06. The molecule has 2 aromatic rings. The third kappa shape index (κ3) is 2.77. The number of aromatic nitrogens is 1. The Morgan fingerprint density at radius 2 is 2.09 bits per heavy atom. The Bertz CT molecular complexity index is 706. The predicted molar refractivity (Wildman–Crippen MR) is 79.1 cm³/mol. The number of nitrogens with one attached hydrogen (secondary N) is 1. The number of hydrogen-bond acceptors (Lipinski definition) is 5. The number of carbonyl (C=O) groups is 1. The Morgan fingerprint density at radius 1 is 1.32 bits per heavy atom. The van der Waals surface area contributed by atoms with Crippen LogP contribution in [-0.2, 0) is 6.54 Å². The van der Waals surface area contributed by atoms with Gasteiger partial charge in [-0.15, -0.1) is 0 Å². The summed E-state index contributed by atoms with van der Waals surface area (Å²) in [5.41, 5.74) is 1.61. The van der Waals surface area contributed by atoms with Crippen molar-refractivity contribution in [3.63, 3.8) is 0 Å². The molecule has 3 rings (SSSR count). The van der Waals surface area contributed by atoms with Crippen LogP contribution in [0.3, 0.4) is 0 Å². The minimum absolute atomic E-state index is 0.128. The van der Waals surface area contributed by atoms with Crippen LogP contribution < -0.4 is 14.8 Å². The van der Waals surface area contributed by atoms with Gasteiger partial charge in [-0.3, -0.25) is 4.79 Å². The molecule has 0 radical (unpaired) electrons. The van der Waals surface area contributed by atoms with Gasteiger partial charge in [-0.2, -0.15) is 0 Å². The molecule has 116 valence electrons. The Labute approximate surface area is 128 Å². The molecule has 0 unspecified atom stereocenters. The van der Waals surface area contributed by atoms with Crippen molar-refractivity contribution < 1.29 is 18.7 Å². The first-order valence-corrected chi connectivity index (χ1v) is 7.18. The summed E-state index contributed by atoms with van der Waals surface area (Å²) in [6, 6.07) is 5.59. The number of benzene rings is 1. The van der Waals surface area contributed by atoms with Gasteiger partial charge in [0.05, 0.1) is 5.69 Å². The fraction of sp³-hybridized carbons (Fsp3) is 0.375. The van der Waals surface area contributed by atoms with Gasteiger partial charge >= 0.3 is 0 Å². The summed E-state index contributed by atoms with van der Waals surface area (Å²) < 4.78 is 16.0. The predicted octanol–water partition coefficient (Wildman–Crippen LogP) is 2.77. The maximum atomic E-state index is 12.3. The summed E-state index contributed by atoms with van der Waals surface area (Å²) >= 11 is 0. The van der Waals surface area contributed by atoms with Crippen LogP contribution in [0.25, 0.3) is 0 Å². The van der Waals surface area contributed by atoms with Crippen molar-refractivity contribution in [2.45, 2.75) is 33.2 Å². The third-order valence-corrected chi connectivity index (χ3v) is 3.40. The number of rotatable bonds is 4. The summed E-state index contributed by atoms with van der Waals surface area (Å²) in [6.07, 6.45) is 0. The molecule has 6 heteroatoms. The highest BCUT2D eigenvalue weighted by atomic mass is 16.7. The smallest absolute Gasteiger partial charge is 0.289 e. The number of oxazole rings is 1. The molecular formula is C16H18N2O4. The molecule has 0 spiro atoms. The largest absolute Gasteiger partial charge is 0.454 e. The summed E-state index contributed by atoms with van der Waals surface area (Å²) in [4.78, 5) is 16.6. The van der Waals surface area contributed by atoms with E-state index in [2.05, 4.69) is 10.3 Å². The maximum absolute atomic E-state index is 12.3. The van der Waals surface area contributed by atoms with Crippen LogP contribution in [0.1, 0.15) is 47.5 Å². The maximum Gasteiger partial charge on any atom is 0.289 e. The second-order valence-electron chi connectivity index (χ2n) is 5.47. The van der Waals surface area contributed by atoms with Crippen LogP contribution in [0.2, 0.25) is 0 Å². The molecule has 2 heterocycles. The van der Waals surface area contributed by atoms with Gasteiger partial charge in [0.15, 0.2) is 17.4 Å². The number of ether oxygens (including phenoxy) is 2. The van der Waals surface area contributed by atoms with Crippen LogP contribution >= 0.6 is 0 Å². The molecular weight excluding hydrogens is 284 g/mol. The molecule has 6 nitrogen and oxygen atoms in total. The van der Waals surface area contributed by atoms with E-state index >= 15 is 0 Å². The molecule has 0 atom stereocenters. The molecule has 1 aromatic heterocycles. The zero-order valence-electron chi connectivity index (χ0n) is 12.8. The van der Waals surface area contributed by atoms with E-state index in [0.717, 1.165) is 11.3 Å². The van der Waals surface area contributed by atoms with Crippen LogP contribution in [0, 0.1) is 6.92 Å². The van der Waals surface area contributed by atoms with Crippen molar-refractivity contribution in [2.24, 2.45) is 0 Å². The normalized spacial score (nSPS) is 12.7. The average Bonchev–Trinajstić information content (AvgIpc) is 3.10. The van der Waals surface area contributed by atoms with Gasteiger partial charge in [-0.1, -0.05) is 19.9 Å². The second-order valence-corrected chi connectivity index (χ2v) is 5.47. The Kier molecular flexibility index (Phi) is 3.75. The number of carbonyl (C=O) groups excluding carboxylic acids is 1. The lowest BCUT2D eigenvalue weighted by molar-refractivity contribution is 0.0920. The van der Waals surface area contributed by atoms with E-state index in [4.69, 9.17) is 13.9 Å². The van der Waals surface area contributed by atoms with Gasteiger partial charge in [-0.05, 0) is 23.6 Å². The first-order chi connectivity index (χ1) is 10.5. The summed E-state index contributed by atoms with van der Waals surface area (Å²) in [5.74, 6) is 2.07. The van der Waals surface area contributed by atoms with Gasteiger partial charge in [0, 0.05) is 13.5 Å². The number of nitrogens with zero attached hydrogens (tertiary/aromatic N) is 1. The molecule has 0 saturated carbocycles. The van der Waals surface area contributed by atoms with E-state index in [1.54, 1.807) is 6.92 Å². The first kappa shape index (κ1) is 14.4. The van der Waals surface area contributed by atoms with Gasteiger partial charge in [0.2, 0.25) is 12.6 Å². The monoisotopic (exact) mass is 302 g/mol. The van der Waals surface area contributed by atoms with Crippen LogP contribution in [-0.4, -0.2) is 17.7 Å². The average molecular weight is 302 g/mol. The topological polar surface area (TPSA) is 73.6 Å². The first-order valence-electron chi connectivity index (χ1n) is 7.18. The van der Waals surface area contributed by atoms with Crippen LogP contribution in [0.5, 0.6) is 11.5 Å². The highest BCUT2D eigenvalue weighted by Crippen LogP contribution is 2.32. The molecule has 0 aliphatic carbocycles. The highest BCUT2D eigenvalue weighted by Gasteiger charge is 2.21. The van der Waals surface area contributed by atoms with Crippen LogP contribution in [0.4, 0.5) is 0 Å². The summed E-state index contributed by atoms with van der Waals surface area (Å²) in [6.45, 7) is 6.31. The minimum Gasteiger partial charge on any atom is -0.454 e. The van der Waals surface area contributed by atoms with E-state index in [-0.39, 0.29) is 24.4 Å². The van der Waals surface area contributed by atoms with Crippen LogP contribution in [0.15, 0.2) is 22.6 Å². The highest BCUT2D eigenvalue weighted by molar-refractivity contribution is 5.92. The summed E-state index contributed by atoms with van der Waals surface area (Å²) in [5, 5.41) is 2.85. The van der Waals surface area contributed by atoms with Crippen molar-refractivity contribution in [1.29, 1.82) is 0 Å². The Morgan fingerprint density at radius 3 is 2.86 bits per heavy atom. The van der Waals surface area contributed by atoms with Crippen molar-refractivity contribution in [3.05, 3.63) is 41.1 Å². The zero-order chi connectivity index (χ0) is 15.7. The fourth-order valence-electron chi connectivity index (χ4n) is 2.31. The molecule has 0 fully saturated rings. The zero-order valence-corrected chi connectivity index (χ0v) is 12.8. The molecule has 1 aliphatic heterocycles. The van der Waals surface area contributed by atoms with Crippen molar-refractivity contribution in [3.8, 4) is 11.5 Å². The minimum atomic E-state index is -0.262. The standard InChI is InChI=1S/C16H18N2O4/c1-9(2)14-15(22-10(3)18-14)16(19)17-7-11-4-5-12-13(6-11)21-8-20-12/h4-6,9H,7-8H2,1-3H3,(H,17,19). The number of hydrogen-bond donors (Lipinski definition) is 1. The molecule has 1 aromatic carbocycles. The third-order valence-electron chi connectivity index (χ3n) is 3.40. The van der Waals surface area contributed by atoms with E-state index < -0.39 is 0 Å². The molecule has 0 saturated heterocycles. The van der Waals surface area contributed by atoms with Crippen molar-refractivity contribution in [2.75, 3.05) is 6.79 Å². The Balaban J connectivity index is 1.70. The lowest BCUT2D eigenvalue weighted by Crippen LogP contribution is -2.23. The SMILES string of the molecule is Cc1nc(C(C)C)c(C(=O)NCc2ccc3c(c2)OCO3)o1. The van der Waals surface area contributed by atoms with Gasteiger partial charge in [0.25, 0.3) is 5.91 Å². The number of fused-ring (bicyclic) bond motifs is 1. The van der Waals surface area contributed by atoms with Crippen molar-refractivity contribution in [1.82, 2.24) is 10.3 Å². The molecule has 0 bridgehead atoms. The molecule has 1 N–H and O–H groups in total. The number of aryl methyl sites for hydroxylation is 1. The van der Waals surface area contributed by atoms with Gasteiger partial charge in [0.1, 0.15) is 0 Å². The molecule has 1 amide bonds. The van der Waals surface area contributed by atoms with E-state index in [1.807, 2.05) is 32.0 Å².